The molecule has 0 amide bonds. The van der Waals surface area contributed by atoms with Gasteiger partial charge in [0.2, 0.25) is 0 Å². The van der Waals surface area contributed by atoms with Crippen LogP contribution in [-0.2, 0) is 30.4 Å². The molecule has 0 aliphatic carbocycles. The summed E-state index contributed by atoms with van der Waals surface area (Å²) in [6.45, 7) is 3.78. The predicted octanol–water partition coefficient (Wildman–Crippen LogP) is 5.75. The molecule has 2 aromatic carbocycles. The number of halogens is 3. The van der Waals surface area contributed by atoms with Crippen LogP contribution in [-0.4, -0.2) is 12.3 Å². The van der Waals surface area contributed by atoms with E-state index in [-0.39, 0.29) is 23.0 Å². The van der Waals surface area contributed by atoms with Crippen LogP contribution >= 0.6 is 12.2 Å². The average molecular weight is 397 g/mol. The SMILES string of the molecule is CCc1ccc(OCc2c(NC(=S)OC)cccc2C(F)(F)F)c(CC)c1. The number of anilines is 1. The second-order valence-electron chi connectivity index (χ2n) is 5.88. The Bertz CT molecular complexity index is 806. The van der Waals surface area contributed by atoms with Gasteiger partial charge in [0.05, 0.1) is 12.7 Å². The van der Waals surface area contributed by atoms with Crippen molar-refractivity contribution in [2.75, 3.05) is 12.4 Å². The molecule has 0 fully saturated rings. The van der Waals surface area contributed by atoms with Crippen molar-refractivity contribution in [1.29, 1.82) is 0 Å². The number of ether oxygens (including phenoxy) is 2. The molecule has 3 nitrogen and oxygen atoms in total. The monoisotopic (exact) mass is 397 g/mol. The summed E-state index contributed by atoms with van der Waals surface area (Å²) >= 11 is 4.92. The van der Waals surface area contributed by atoms with Gasteiger partial charge in [-0.05, 0) is 54.4 Å². The first-order valence-corrected chi connectivity index (χ1v) is 8.99. The first-order chi connectivity index (χ1) is 12.8. The van der Waals surface area contributed by atoms with Gasteiger partial charge in [-0.3, -0.25) is 0 Å². The second-order valence-corrected chi connectivity index (χ2v) is 6.25. The lowest BCUT2D eigenvalue weighted by atomic mass is 10.0. The summed E-state index contributed by atoms with van der Waals surface area (Å²) in [5, 5.41) is 2.67. The molecule has 0 saturated carbocycles. The molecular formula is C20H22F3NO2S. The highest BCUT2D eigenvalue weighted by Crippen LogP contribution is 2.36. The summed E-state index contributed by atoms with van der Waals surface area (Å²) in [4.78, 5) is 0. The molecule has 0 aliphatic heterocycles. The third-order valence-electron chi connectivity index (χ3n) is 4.19. The normalized spacial score (nSPS) is 11.2. The minimum atomic E-state index is -4.51. The molecule has 1 N–H and O–H groups in total. The first kappa shape index (κ1) is 21.0. The minimum Gasteiger partial charge on any atom is -0.489 e. The highest BCUT2D eigenvalue weighted by atomic mass is 32.1. The van der Waals surface area contributed by atoms with E-state index < -0.39 is 11.7 Å². The molecule has 0 unspecified atom stereocenters. The zero-order chi connectivity index (χ0) is 20.0. The lowest BCUT2D eigenvalue weighted by molar-refractivity contribution is -0.138. The van der Waals surface area contributed by atoms with Gasteiger partial charge in [-0.15, -0.1) is 0 Å². The fraction of sp³-hybridized carbons (Fsp3) is 0.350. The van der Waals surface area contributed by atoms with Gasteiger partial charge in [0.25, 0.3) is 5.17 Å². The molecule has 0 spiro atoms. The molecule has 0 atom stereocenters. The summed E-state index contributed by atoms with van der Waals surface area (Å²) in [6.07, 6.45) is -2.90. The first-order valence-electron chi connectivity index (χ1n) is 8.58. The van der Waals surface area contributed by atoms with Crippen LogP contribution in [0.15, 0.2) is 36.4 Å². The van der Waals surface area contributed by atoms with Crippen LogP contribution in [0.1, 0.15) is 36.1 Å². The number of hydrogen-bond acceptors (Lipinski definition) is 3. The van der Waals surface area contributed by atoms with Crippen LogP contribution in [0.3, 0.4) is 0 Å². The number of benzene rings is 2. The molecule has 0 heterocycles. The van der Waals surface area contributed by atoms with Crippen molar-refractivity contribution in [3.05, 3.63) is 58.7 Å². The maximum absolute atomic E-state index is 13.5. The van der Waals surface area contributed by atoms with E-state index in [1.54, 1.807) is 6.07 Å². The number of hydrogen-bond donors (Lipinski definition) is 1. The Hall–Kier alpha value is -2.28. The smallest absolute Gasteiger partial charge is 0.416 e. The Morgan fingerprint density at radius 1 is 1.11 bits per heavy atom. The topological polar surface area (TPSA) is 30.5 Å². The number of rotatable bonds is 6. The fourth-order valence-corrected chi connectivity index (χ4v) is 2.82. The van der Waals surface area contributed by atoms with Crippen molar-refractivity contribution in [2.45, 2.75) is 39.5 Å². The predicted molar refractivity (Wildman–Crippen MR) is 104 cm³/mol. The zero-order valence-electron chi connectivity index (χ0n) is 15.4. The number of methoxy groups -OCH3 is 1. The van der Waals surface area contributed by atoms with Gasteiger partial charge in [-0.1, -0.05) is 32.0 Å². The molecule has 0 radical (unpaired) electrons. The number of nitrogens with one attached hydrogen (secondary N) is 1. The largest absolute Gasteiger partial charge is 0.489 e. The molecule has 0 aliphatic rings. The number of alkyl halides is 3. The van der Waals surface area contributed by atoms with E-state index in [2.05, 4.69) is 5.32 Å². The molecule has 2 rings (SSSR count). The minimum absolute atomic E-state index is 0.0166. The third-order valence-corrected chi connectivity index (χ3v) is 4.46. The molecular weight excluding hydrogens is 375 g/mol. The van der Waals surface area contributed by atoms with E-state index in [1.807, 2.05) is 26.0 Å². The molecule has 0 saturated heterocycles. The third kappa shape index (κ3) is 5.35. The summed E-state index contributed by atoms with van der Waals surface area (Å²) in [5.74, 6) is 0.576. The molecule has 0 aromatic heterocycles. The van der Waals surface area contributed by atoms with Crippen LogP contribution in [0.4, 0.5) is 18.9 Å². The Kier molecular flexibility index (Phi) is 7.07. The lowest BCUT2D eigenvalue weighted by Crippen LogP contribution is -2.17. The van der Waals surface area contributed by atoms with Gasteiger partial charge in [0, 0.05) is 11.3 Å². The van der Waals surface area contributed by atoms with E-state index in [0.717, 1.165) is 30.0 Å². The quantitative estimate of drug-likeness (QED) is 0.629. The molecule has 7 heteroatoms. The van der Waals surface area contributed by atoms with E-state index in [4.69, 9.17) is 21.7 Å². The van der Waals surface area contributed by atoms with Gasteiger partial charge in [0.15, 0.2) is 0 Å². The van der Waals surface area contributed by atoms with Crippen LogP contribution < -0.4 is 10.1 Å². The van der Waals surface area contributed by atoms with Crippen molar-refractivity contribution in [2.24, 2.45) is 0 Å². The summed E-state index contributed by atoms with van der Waals surface area (Å²) in [5.41, 5.74) is 1.53. The molecule has 146 valence electrons. The Balaban J connectivity index is 2.37. The van der Waals surface area contributed by atoms with Crippen molar-refractivity contribution in [3.63, 3.8) is 0 Å². The van der Waals surface area contributed by atoms with E-state index in [0.29, 0.717) is 5.75 Å². The van der Waals surface area contributed by atoms with E-state index >= 15 is 0 Å². The standard InChI is InChI=1S/C20H22F3NO2S/c1-4-13-9-10-18(14(5-2)11-13)26-12-15-16(20(21,22)23)7-6-8-17(15)24-19(27)25-3/h6-11H,4-5,12H2,1-3H3,(H,24,27). The number of thiocarbonyl (C=S) groups is 1. The maximum Gasteiger partial charge on any atom is 0.416 e. The van der Waals surface area contributed by atoms with Gasteiger partial charge in [-0.25, -0.2) is 0 Å². The van der Waals surface area contributed by atoms with Crippen LogP contribution in [0.5, 0.6) is 5.75 Å². The van der Waals surface area contributed by atoms with Crippen molar-refractivity contribution >= 4 is 23.1 Å². The summed E-state index contributed by atoms with van der Waals surface area (Å²) in [7, 11) is 1.35. The van der Waals surface area contributed by atoms with Crippen molar-refractivity contribution in [1.82, 2.24) is 0 Å². The van der Waals surface area contributed by atoms with Crippen LogP contribution in [0, 0.1) is 0 Å². The second kappa shape index (κ2) is 9.08. The van der Waals surface area contributed by atoms with Gasteiger partial charge in [-0.2, -0.15) is 13.2 Å². The van der Waals surface area contributed by atoms with Crippen LogP contribution in [0.2, 0.25) is 0 Å². The summed E-state index contributed by atoms with van der Waals surface area (Å²) < 4.78 is 51.0. The number of aryl methyl sites for hydroxylation is 2. The fourth-order valence-electron chi connectivity index (χ4n) is 2.71. The summed E-state index contributed by atoms with van der Waals surface area (Å²) in [6, 6.07) is 9.61. The molecule has 27 heavy (non-hydrogen) atoms. The van der Waals surface area contributed by atoms with Crippen molar-refractivity contribution in [3.8, 4) is 5.75 Å². The van der Waals surface area contributed by atoms with Crippen LogP contribution in [0.25, 0.3) is 0 Å². The Morgan fingerprint density at radius 3 is 2.44 bits per heavy atom. The lowest BCUT2D eigenvalue weighted by Gasteiger charge is -2.19. The van der Waals surface area contributed by atoms with Gasteiger partial charge in [0.1, 0.15) is 12.4 Å². The highest BCUT2D eigenvalue weighted by Gasteiger charge is 2.34. The van der Waals surface area contributed by atoms with Gasteiger partial charge >= 0.3 is 6.18 Å². The Morgan fingerprint density at radius 2 is 1.85 bits per heavy atom. The van der Waals surface area contributed by atoms with E-state index in [1.165, 1.54) is 19.2 Å². The molecule has 0 bridgehead atoms. The maximum atomic E-state index is 13.5. The van der Waals surface area contributed by atoms with E-state index in [9.17, 15) is 13.2 Å². The molecule has 2 aromatic rings. The Labute approximate surface area is 162 Å². The zero-order valence-corrected chi connectivity index (χ0v) is 16.3. The highest BCUT2D eigenvalue weighted by molar-refractivity contribution is 7.80. The van der Waals surface area contributed by atoms with Crippen molar-refractivity contribution < 1.29 is 22.6 Å². The average Bonchev–Trinajstić information content (AvgIpc) is 2.65. The van der Waals surface area contributed by atoms with Gasteiger partial charge < -0.3 is 14.8 Å².